The van der Waals surface area contributed by atoms with Gasteiger partial charge < -0.3 is 9.15 Å². The van der Waals surface area contributed by atoms with E-state index in [1.165, 1.54) is 28.7 Å². The van der Waals surface area contributed by atoms with E-state index in [9.17, 15) is 9.18 Å². The molecule has 0 aliphatic carbocycles. The van der Waals surface area contributed by atoms with Crippen LogP contribution in [0.25, 0.3) is 0 Å². The standard InChI is InChI=1S/C24H23FN4O3/c1-2-4-17-7-9-20(10-8-17)31-15-21-11-12-22(32-21)23(30)27-24-26-16-29(28-24)14-18-5-3-6-19(25)13-18/h3,5-13,16H,2,4,14-15H2,1H3,(H,27,28,30). The van der Waals surface area contributed by atoms with Crippen LogP contribution in [0, 0.1) is 5.82 Å². The molecule has 0 unspecified atom stereocenters. The van der Waals surface area contributed by atoms with E-state index >= 15 is 0 Å². The molecule has 0 atom stereocenters. The van der Waals surface area contributed by atoms with Gasteiger partial charge >= 0.3 is 0 Å². The Morgan fingerprint density at radius 2 is 1.97 bits per heavy atom. The van der Waals surface area contributed by atoms with Crippen molar-refractivity contribution in [3.8, 4) is 5.75 Å². The molecule has 0 radical (unpaired) electrons. The zero-order chi connectivity index (χ0) is 22.3. The first-order chi connectivity index (χ1) is 15.6. The monoisotopic (exact) mass is 434 g/mol. The summed E-state index contributed by atoms with van der Waals surface area (Å²) in [4.78, 5) is 16.5. The van der Waals surface area contributed by atoms with Crippen molar-refractivity contribution in [1.82, 2.24) is 14.8 Å². The molecule has 1 N–H and O–H groups in total. The summed E-state index contributed by atoms with van der Waals surface area (Å²) in [7, 11) is 0. The Hall–Kier alpha value is -3.94. The molecule has 0 saturated heterocycles. The van der Waals surface area contributed by atoms with E-state index in [4.69, 9.17) is 9.15 Å². The quantitative estimate of drug-likeness (QED) is 0.408. The van der Waals surface area contributed by atoms with Crippen molar-refractivity contribution in [3.05, 3.63) is 95.5 Å². The first kappa shape index (κ1) is 21.3. The summed E-state index contributed by atoms with van der Waals surface area (Å²) in [5.74, 6) is 0.736. The predicted octanol–water partition coefficient (Wildman–Crippen LogP) is 4.84. The third kappa shape index (κ3) is 5.60. The zero-order valence-electron chi connectivity index (χ0n) is 17.6. The summed E-state index contributed by atoms with van der Waals surface area (Å²) in [5, 5.41) is 6.78. The first-order valence-electron chi connectivity index (χ1n) is 10.3. The fourth-order valence-electron chi connectivity index (χ4n) is 3.19. The Morgan fingerprint density at radius 3 is 2.75 bits per heavy atom. The van der Waals surface area contributed by atoms with Gasteiger partial charge in [-0.2, -0.15) is 0 Å². The van der Waals surface area contributed by atoms with Crippen molar-refractivity contribution >= 4 is 11.9 Å². The van der Waals surface area contributed by atoms with Crippen LogP contribution in [0.15, 0.2) is 71.4 Å². The van der Waals surface area contributed by atoms with E-state index in [0.717, 1.165) is 24.2 Å². The number of halogens is 1. The third-order valence-electron chi connectivity index (χ3n) is 4.72. The summed E-state index contributed by atoms with van der Waals surface area (Å²) in [6.45, 7) is 2.69. The van der Waals surface area contributed by atoms with Gasteiger partial charge in [0.05, 0.1) is 6.54 Å². The van der Waals surface area contributed by atoms with Crippen LogP contribution >= 0.6 is 0 Å². The van der Waals surface area contributed by atoms with E-state index in [0.29, 0.717) is 12.3 Å². The van der Waals surface area contributed by atoms with Gasteiger partial charge in [0.15, 0.2) is 5.76 Å². The maximum Gasteiger partial charge on any atom is 0.293 e. The van der Waals surface area contributed by atoms with E-state index in [1.807, 2.05) is 24.3 Å². The maximum absolute atomic E-state index is 13.3. The van der Waals surface area contributed by atoms with Crippen LogP contribution in [0.1, 0.15) is 40.8 Å². The lowest BCUT2D eigenvalue weighted by atomic mass is 10.1. The van der Waals surface area contributed by atoms with Crippen molar-refractivity contribution in [1.29, 1.82) is 0 Å². The number of hydrogen-bond acceptors (Lipinski definition) is 5. The number of benzene rings is 2. The Labute approximate surface area is 184 Å². The molecule has 2 heterocycles. The number of furan rings is 1. The van der Waals surface area contributed by atoms with Crippen LogP contribution in [0.3, 0.4) is 0 Å². The topological polar surface area (TPSA) is 82.2 Å². The summed E-state index contributed by atoms with van der Waals surface area (Å²) >= 11 is 0. The van der Waals surface area contributed by atoms with Gasteiger partial charge in [-0.15, -0.1) is 5.10 Å². The molecule has 7 nitrogen and oxygen atoms in total. The molecule has 8 heteroatoms. The predicted molar refractivity (Wildman–Crippen MR) is 117 cm³/mol. The van der Waals surface area contributed by atoms with Crippen LogP contribution in [0.4, 0.5) is 10.3 Å². The molecule has 2 aromatic carbocycles. The van der Waals surface area contributed by atoms with Crippen molar-refractivity contribution in [2.75, 3.05) is 5.32 Å². The fraction of sp³-hybridized carbons (Fsp3) is 0.208. The van der Waals surface area contributed by atoms with Crippen molar-refractivity contribution in [3.63, 3.8) is 0 Å². The van der Waals surface area contributed by atoms with E-state index in [2.05, 4.69) is 22.3 Å². The average Bonchev–Trinajstić information content (AvgIpc) is 3.43. The smallest absolute Gasteiger partial charge is 0.293 e. The Kier molecular flexibility index (Phi) is 6.60. The van der Waals surface area contributed by atoms with Crippen LogP contribution < -0.4 is 10.1 Å². The lowest BCUT2D eigenvalue weighted by Gasteiger charge is -2.05. The Bertz CT molecular complexity index is 1180. The fourth-order valence-corrected chi connectivity index (χ4v) is 3.19. The molecule has 4 rings (SSSR count). The van der Waals surface area contributed by atoms with E-state index in [1.54, 1.807) is 24.3 Å². The summed E-state index contributed by atoms with van der Waals surface area (Å²) in [5.41, 5.74) is 2.01. The number of ether oxygens (including phenoxy) is 1. The van der Waals surface area contributed by atoms with Crippen LogP contribution in [-0.4, -0.2) is 20.7 Å². The van der Waals surface area contributed by atoms with Crippen molar-refractivity contribution in [2.24, 2.45) is 0 Å². The Balaban J connectivity index is 1.30. The van der Waals surface area contributed by atoms with Crippen LogP contribution in [0.2, 0.25) is 0 Å². The minimum atomic E-state index is -0.469. The number of rotatable bonds is 9. The first-order valence-corrected chi connectivity index (χ1v) is 10.3. The van der Waals surface area contributed by atoms with Gasteiger partial charge in [-0.25, -0.2) is 14.1 Å². The molecular formula is C24H23FN4O3. The van der Waals surface area contributed by atoms with Crippen LogP contribution in [0.5, 0.6) is 5.75 Å². The second-order valence-electron chi connectivity index (χ2n) is 7.30. The zero-order valence-corrected chi connectivity index (χ0v) is 17.6. The molecule has 0 aliphatic rings. The Morgan fingerprint density at radius 1 is 1.12 bits per heavy atom. The molecular weight excluding hydrogens is 411 g/mol. The van der Waals surface area contributed by atoms with Gasteiger partial charge in [-0.3, -0.25) is 10.1 Å². The maximum atomic E-state index is 13.3. The minimum Gasteiger partial charge on any atom is -0.486 e. The highest BCUT2D eigenvalue weighted by Crippen LogP contribution is 2.17. The largest absolute Gasteiger partial charge is 0.486 e. The SMILES string of the molecule is CCCc1ccc(OCc2ccc(C(=O)Nc3ncn(Cc4cccc(F)c4)n3)o2)cc1. The van der Waals surface area contributed by atoms with Gasteiger partial charge in [0.25, 0.3) is 5.91 Å². The highest BCUT2D eigenvalue weighted by molar-refractivity contribution is 6.01. The molecule has 0 saturated carbocycles. The number of hydrogen-bond donors (Lipinski definition) is 1. The van der Waals surface area contributed by atoms with Gasteiger partial charge in [-0.1, -0.05) is 37.6 Å². The number of amides is 1. The van der Waals surface area contributed by atoms with Gasteiger partial charge in [-0.05, 0) is 53.9 Å². The van der Waals surface area contributed by atoms with E-state index < -0.39 is 5.91 Å². The third-order valence-corrected chi connectivity index (χ3v) is 4.72. The summed E-state index contributed by atoms with van der Waals surface area (Å²) < 4.78 is 26.1. The second kappa shape index (κ2) is 9.91. The number of anilines is 1. The second-order valence-corrected chi connectivity index (χ2v) is 7.30. The van der Waals surface area contributed by atoms with Crippen molar-refractivity contribution in [2.45, 2.75) is 32.9 Å². The molecule has 0 fully saturated rings. The molecule has 0 bridgehead atoms. The minimum absolute atomic E-state index is 0.128. The van der Waals surface area contributed by atoms with Crippen LogP contribution in [-0.2, 0) is 19.6 Å². The summed E-state index contributed by atoms with van der Waals surface area (Å²) in [6, 6.07) is 17.4. The van der Waals surface area contributed by atoms with Crippen molar-refractivity contribution < 1.29 is 18.3 Å². The molecule has 0 spiro atoms. The molecule has 0 aliphatic heterocycles. The van der Waals surface area contributed by atoms with Gasteiger partial charge in [0, 0.05) is 0 Å². The number of aromatic nitrogens is 3. The van der Waals surface area contributed by atoms with Gasteiger partial charge in [0.2, 0.25) is 5.95 Å². The number of aryl methyl sites for hydroxylation is 1. The lowest BCUT2D eigenvalue weighted by Crippen LogP contribution is -2.12. The number of carbonyl (C=O) groups is 1. The average molecular weight is 434 g/mol. The summed E-state index contributed by atoms with van der Waals surface area (Å²) in [6.07, 6.45) is 3.60. The number of nitrogens with one attached hydrogen (secondary N) is 1. The van der Waals surface area contributed by atoms with Gasteiger partial charge in [0.1, 0.15) is 30.3 Å². The molecule has 4 aromatic rings. The van der Waals surface area contributed by atoms with E-state index in [-0.39, 0.29) is 24.1 Å². The molecule has 164 valence electrons. The molecule has 2 aromatic heterocycles. The lowest BCUT2D eigenvalue weighted by molar-refractivity contribution is 0.0991. The molecule has 1 amide bonds. The number of carbonyl (C=O) groups excluding carboxylic acids is 1. The highest BCUT2D eigenvalue weighted by Gasteiger charge is 2.14. The molecule has 32 heavy (non-hydrogen) atoms. The number of nitrogens with zero attached hydrogens (tertiary/aromatic N) is 3. The normalized spacial score (nSPS) is 10.8. The highest BCUT2D eigenvalue weighted by atomic mass is 19.1.